The number of nitrogens with zero attached hydrogens (tertiary/aromatic N) is 4. The van der Waals surface area contributed by atoms with E-state index in [1.54, 1.807) is 13.0 Å². The number of aromatic nitrogens is 4. The number of halogens is 1. The van der Waals surface area contributed by atoms with Crippen LogP contribution in [0.3, 0.4) is 0 Å². The van der Waals surface area contributed by atoms with E-state index in [2.05, 4.69) is 20.8 Å². The van der Waals surface area contributed by atoms with E-state index in [1.165, 1.54) is 29.8 Å². The monoisotopic (exact) mass is 321 g/mol. The number of carboxylic acid groups (broad SMARTS) is 1. The van der Waals surface area contributed by atoms with Gasteiger partial charge in [0.2, 0.25) is 5.91 Å². The molecule has 1 heterocycles. The molecule has 0 aliphatic rings. The lowest BCUT2D eigenvalue weighted by Gasteiger charge is -2.19. The van der Waals surface area contributed by atoms with Crippen molar-refractivity contribution in [2.75, 3.05) is 0 Å². The molecular weight excluding hydrogens is 305 g/mol. The maximum atomic E-state index is 13.3. The number of hydrogen-bond acceptors (Lipinski definition) is 5. The zero-order chi connectivity index (χ0) is 17.0. The van der Waals surface area contributed by atoms with Crippen LogP contribution < -0.4 is 5.32 Å². The van der Waals surface area contributed by atoms with Gasteiger partial charge in [-0.2, -0.15) is 0 Å². The van der Waals surface area contributed by atoms with Crippen molar-refractivity contribution in [1.29, 1.82) is 0 Å². The van der Waals surface area contributed by atoms with Crippen LogP contribution in [0, 0.1) is 12.7 Å². The van der Waals surface area contributed by atoms with Gasteiger partial charge in [-0.1, -0.05) is 12.1 Å². The lowest BCUT2D eigenvalue weighted by molar-refractivity contribution is -0.141. The third-order valence-corrected chi connectivity index (χ3v) is 3.30. The fourth-order valence-electron chi connectivity index (χ4n) is 2.07. The summed E-state index contributed by atoms with van der Waals surface area (Å²) in [7, 11) is 0. The molecule has 0 fully saturated rings. The molecule has 2 atom stereocenters. The Balaban J connectivity index is 2.27. The van der Waals surface area contributed by atoms with Crippen LogP contribution >= 0.6 is 0 Å². The molecule has 1 amide bonds. The highest BCUT2D eigenvalue weighted by Gasteiger charge is 2.27. The van der Waals surface area contributed by atoms with E-state index in [0.717, 1.165) is 0 Å². The van der Waals surface area contributed by atoms with Crippen LogP contribution in [-0.2, 0) is 16.0 Å². The summed E-state index contributed by atoms with van der Waals surface area (Å²) in [6, 6.07) is 3.87. The summed E-state index contributed by atoms with van der Waals surface area (Å²) in [6.45, 7) is 2.97. The molecule has 8 nitrogen and oxygen atoms in total. The van der Waals surface area contributed by atoms with Gasteiger partial charge in [0.25, 0.3) is 0 Å². The van der Waals surface area contributed by atoms with Crippen LogP contribution in [0.2, 0.25) is 0 Å². The summed E-state index contributed by atoms with van der Waals surface area (Å²) in [5, 5.41) is 22.3. The first kappa shape index (κ1) is 16.5. The molecule has 0 radical (unpaired) electrons. The summed E-state index contributed by atoms with van der Waals surface area (Å²) < 4.78 is 14.6. The highest BCUT2D eigenvalue weighted by molar-refractivity contribution is 5.85. The molecule has 9 heteroatoms. The van der Waals surface area contributed by atoms with Crippen LogP contribution in [0.25, 0.3) is 0 Å². The van der Waals surface area contributed by atoms with Gasteiger partial charge in [-0.05, 0) is 42.0 Å². The number of nitrogens with one attached hydrogen (secondary N) is 1. The van der Waals surface area contributed by atoms with Gasteiger partial charge < -0.3 is 10.4 Å². The molecule has 0 spiro atoms. The van der Waals surface area contributed by atoms with E-state index in [0.29, 0.717) is 11.4 Å². The third kappa shape index (κ3) is 4.09. The molecule has 0 aliphatic heterocycles. The minimum absolute atomic E-state index is 0.127. The van der Waals surface area contributed by atoms with E-state index in [4.69, 9.17) is 5.11 Å². The number of benzene rings is 1. The zero-order valence-electron chi connectivity index (χ0n) is 12.6. The molecule has 0 saturated carbocycles. The summed E-state index contributed by atoms with van der Waals surface area (Å²) >= 11 is 0. The summed E-state index contributed by atoms with van der Waals surface area (Å²) in [5.41, 5.74) is 0.572. The number of carboxylic acids is 1. The molecule has 0 aliphatic carbocycles. The maximum Gasteiger partial charge on any atom is 0.325 e. The molecule has 23 heavy (non-hydrogen) atoms. The van der Waals surface area contributed by atoms with Gasteiger partial charge in [0, 0.05) is 6.42 Å². The fourth-order valence-corrected chi connectivity index (χ4v) is 2.07. The van der Waals surface area contributed by atoms with Crippen molar-refractivity contribution in [2.24, 2.45) is 0 Å². The second-order valence-corrected chi connectivity index (χ2v) is 5.09. The molecule has 1 aromatic carbocycles. The van der Waals surface area contributed by atoms with Gasteiger partial charge in [0.15, 0.2) is 0 Å². The number of hydrogen-bond donors (Lipinski definition) is 2. The normalized spacial score (nSPS) is 13.3. The van der Waals surface area contributed by atoms with Crippen molar-refractivity contribution in [3.05, 3.63) is 41.5 Å². The Bertz CT molecular complexity index is 718. The number of tetrazole rings is 1. The first-order valence-electron chi connectivity index (χ1n) is 6.90. The predicted molar refractivity (Wildman–Crippen MR) is 76.9 cm³/mol. The lowest BCUT2D eigenvalue weighted by atomic mass is 10.0. The molecule has 0 bridgehead atoms. The van der Waals surface area contributed by atoms with Crippen molar-refractivity contribution in [3.63, 3.8) is 0 Å². The molecule has 1 unspecified atom stereocenters. The first-order valence-corrected chi connectivity index (χ1v) is 6.90. The van der Waals surface area contributed by atoms with Crippen molar-refractivity contribution in [1.82, 2.24) is 25.5 Å². The molecule has 1 aromatic heterocycles. The van der Waals surface area contributed by atoms with Crippen LogP contribution in [-0.4, -0.2) is 43.2 Å². The SMILES string of the molecule is Cc1nnnn1C(Cc1cccc(F)c1)C(=O)N[C@@H](C)C(=O)O. The van der Waals surface area contributed by atoms with Crippen molar-refractivity contribution in [2.45, 2.75) is 32.4 Å². The Morgan fingerprint density at radius 1 is 1.43 bits per heavy atom. The second-order valence-electron chi connectivity index (χ2n) is 5.09. The quantitative estimate of drug-likeness (QED) is 0.801. The first-order chi connectivity index (χ1) is 10.9. The van der Waals surface area contributed by atoms with Crippen LogP contribution in [0.5, 0.6) is 0 Å². The molecule has 122 valence electrons. The average molecular weight is 321 g/mol. The molecule has 2 N–H and O–H groups in total. The fraction of sp³-hybridized carbons (Fsp3) is 0.357. The highest BCUT2D eigenvalue weighted by Crippen LogP contribution is 2.16. The molecule has 0 saturated heterocycles. The van der Waals surface area contributed by atoms with Crippen LogP contribution in [0.4, 0.5) is 4.39 Å². The van der Waals surface area contributed by atoms with Gasteiger partial charge in [-0.15, -0.1) is 5.10 Å². The van der Waals surface area contributed by atoms with Gasteiger partial charge in [-0.3, -0.25) is 9.59 Å². The Labute approximate surface area is 131 Å². The predicted octanol–water partition coefficient (Wildman–Crippen LogP) is 0.494. The van der Waals surface area contributed by atoms with E-state index in [9.17, 15) is 14.0 Å². The Hall–Kier alpha value is -2.84. The zero-order valence-corrected chi connectivity index (χ0v) is 12.6. The smallest absolute Gasteiger partial charge is 0.325 e. The Morgan fingerprint density at radius 2 is 2.17 bits per heavy atom. The Morgan fingerprint density at radius 3 is 2.74 bits per heavy atom. The second kappa shape index (κ2) is 6.95. The minimum atomic E-state index is -1.16. The van der Waals surface area contributed by atoms with Crippen molar-refractivity contribution < 1.29 is 19.1 Å². The molecular formula is C14H16FN5O3. The van der Waals surface area contributed by atoms with Gasteiger partial charge in [0.1, 0.15) is 23.7 Å². The topological polar surface area (TPSA) is 110 Å². The highest BCUT2D eigenvalue weighted by atomic mass is 19.1. The average Bonchev–Trinajstić information content (AvgIpc) is 2.90. The Kier molecular flexibility index (Phi) is 4.99. The largest absolute Gasteiger partial charge is 0.480 e. The van der Waals surface area contributed by atoms with Crippen molar-refractivity contribution in [3.8, 4) is 0 Å². The number of aryl methyl sites for hydroxylation is 1. The maximum absolute atomic E-state index is 13.3. The molecule has 2 aromatic rings. The number of amides is 1. The van der Waals surface area contributed by atoms with E-state index in [1.807, 2.05) is 0 Å². The summed E-state index contributed by atoms with van der Waals surface area (Å²) in [5.74, 6) is -1.74. The third-order valence-electron chi connectivity index (χ3n) is 3.30. The standard InChI is InChI=1S/C14H16FN5O3/c1-8(14(22)23)16-13(21)12(20-9(2)17-18-19-20)7-10-4-3-5-11(15)6-10/h3-6,8,12H,7H2,1-2H3,(H,16,21)(H,22,23)/t8-,12?/m0/s1. The van der Waals surface area contributed by atoms with Gasteiger partial charge in [-0.25, -0.2) is 9.07 Å². The minimum Gasteiger partial charge on any atom is -0.480 e. The van der Waals surface area contributed by atoms with Gasteiger partial charge >= 0.3 is 5.97 Å². The number of rotatable bonds is 6. The number of carbonyl (C=O) groups excluding carboxylic acids is 1. The van der Waals surface area contributed by atoms with Crippen LogP contribution in [0.15, 0.2) is 24.3 Å². The van der Waals surface area contributed by atoms with E-state index >= 15 is 0 Å². The van der Waals surface area contributed by atoms with E-state index < -0.39 is 29.8 Å². The molecule has 2 rings (SSSR count). The van der Waals surface area contributed by atoms with Crippen molar-refractivity contribution >= 4 is 11.9 Å². The number of carbonyl (C=O) groups is 2. The number of aliphatic carboxylic acids is 1. The van der Waals surface area contributed by atoms with Crippen LogP contribution in [0.1, 0.15) is 24.4 Å². The lowest BCUT2D eigenvalue weighted by Crippen LogP contribution is -2.43. The van der Waals surface area contributed by atoms with Gasteiger partial charge in [0.05, 0.1) is 0 Å². The summed E-state index contributed by atoms with van der Waals surface area (Å²) in [4.78, 5) is 23.3. The summed E-state index contributed by atoms with van der Waals surface area (Å²) in [6.07, 6.45) is 0.127. The van der Waals surface area contributed by atoms with E-state index in [-0.39, 0.29) is 6.42 Å².